The lowest BCUT2D eigenvalue weighted by Gasteiger charge is -2.17. The van der Waals surface area contributed by atoms with Crippen LogP contribution >= 0.6 is 23.2 Å². The Bertz CT molecular complexity index is 790. The van der Waals surface area contributed by atoms with E-state index in [0.717, 1.165) is 13.1 Å². The van der Waals surface area contributed by atoms with Crippen LogP contribution in [0.2, 0.25) is 10.0 Å². The fourth-order valence-electron chi connectivity index (χ4n) is 2.42. The van der Waals surface area contributed by atoms with Gasteiger partial charge in [0.25, 0.3) is 5.91 Å². The largest absolute Gasteiger partial charge is 0.461 e. The van der Waals surface area contributed by atoms with Crippen LogP contribution in [0.25, 0.3) is 0 Å². The lowest BCUT2D eigenvalue weighted by Crippen LogP contribution is -2.27. The number of carbonyl (C=O) groups excluding carboxylic acids is 2. The molecule has 5 nitrogen and oxygen atoms in total. The van der Waals surface area contributed by atoms with Crippen LogP contribution in [0.1, 0.15) is 34.6 Å². The van der Waals surface area contributed by atoms with Gasteiger partial charge >= 0.3 is 5.97 Å². The molecule has 0 aliphatic rings. The Hall–Kier alpha value is -2.08. The van der Waals surface area contributed by atoms with Gasteiger partial charge in [-0.2, -0.15) is 0 Å². The number of esters is 1. The Kier molecular flexibility index (Phi) is 8.10. The molecule has 1 amide bonds. The smallest absolute Gasteiger partial charge is 0.338 e. The number of benzene rings is 2. The Morgan fingerprint density at radius 2 is 1.59 bits per heavy atom. The van der Waals surface area contributed by atoms with Crippen molar-refractivity contribution in [3.63, 3.8) is 0 Å². The number of rotatable bonds is 8. The van der Waals surface area contributed by atoms with Crippen molar-refractivity contribution in [2.75, 3.05) is 31.6 Å². The minimum Gasteiger partial charge on any atom is -0.461 e. The molecule has 0 fully saturated rings. The van der Waals surface area contributed by atoms with Gasteiger partial charge in [-0.05, 0) is 55.6 Å². The summed E-state index contributed by atoms with van der Waals surface area (Å²) in [5.41, 5.74) is 1.39. The number of likely N-dealkylation sites (N-methyl/N-ethyl adjacent to an activating group) is 1. The quantitative estimate of drug-likeness (QED) is 0.640. The van der Waals surface area contributed by atoms with Crippen LogP contribution in [0.3, 0.4) is 0 Å². The summed E-state index contributed by atoms with van der Waals surface area (Å²) in [6.07, 6.45) is 0. The molecule has 0 aliphatic heterocycles. The zero-order valence-corrected chi connectivity index (χ0v) is 16.8. The van der Waals surface area contributed by atoms with Gasteiger partial charge in [-0.3, -0.25) is 4.79 Å². The van der Waals surface area contributed by atoms with E-state index in [1.165, 1.54) is 6.07 Å². The first-order chi connectivity index (χ1) is 12.9. The highest BCUT2D eigenvalue weighted by Gasteiger charge is 2.11. The standard InChI is InChI=1S/C20H22Cl2N2O3/c1-3-24(4-2)11-12-27-20(26)14-5-8-16(9-6-14)23-19(25)15-7-10-17(21)18(22)13-15/h5-10,13H,3-4,11-12H2,1-2H3,(H,23,25). The molecule has 0 aromatic heterocycles. The minimum absolute atomic E-state index is 0.312. The van der Waals surface area contributed by atoms with Crippen molar-refractivity contribution in [3.05, 3.63) is 63.6 Å². The van der Waals surface area contributed by atoms with Crippen molar-refractivity contribution in [1.82, 2.24) is 4.90 Å². The van der Waals surface area contributed by atoms with Crippen LogP contribution in [0.15, 0.2) is 42.5 Å². The van der Waals surface area contributed by atoms with Crippen molar-refractivity contribution in [2.24, 2.45) is 0 Å². The molecule has 144 valence electrons. The normalized spacial score (nSPS) is 10.7. The molecule has 2 aromatic rings. The molecule has 1 N–H and O–H groups in total. The van der Waals surface area contributed by atoms with E-state index in [1.807, 2.05) is 0 Å². The molecule has 2 aromatic carbocycles. The summed E-state index contributed by atoms with van der Waals surface area (Å²) in [4.78, 5) is 26.5. The first-order valence-electron chi connectivity index (χ1n) is 8.70. The van der Waals surface area contributed by atoms with Gasteiger partial charge in [0, 0.05) is 17.8 Å². The van der Waals surface area contributed by atoms with Gasteiger partial charge in [-0.1, -0.05) is 37.0 Å². The first-order valence-corrected chi connectivity index (χ1v) is 9.46. The second-order valence-corrected chi connectivity index (χ2v) is 6.64. The number of halogens is 2. The summed E-state index contributed by atoms with van der Waals surface area (Å²) < 4.78 is 5.28. The van der Waals surface area contributed by atoms with E-state index in [0.29, 0.717) is 40.0 Å². The number of hydrogen-bond acceptors (Lipinski definition) is 4. The molecule has 7 heteroatoms. The monoisotopic (exact) mass is 408 g/mol. The maximum Gasteiger partial charge on any atom is 0.338 e. The summed E-state index contributed by atoms with van der Waals surface area (Å²) >= 11 is 11.8. The van der Waals surface area contributed by atoms with Crippen molar-refractivity contribution >= 4 is 40.8 Å². The summed E-state index contributed by atoms with van der Waals surface area (Å²) in [6, 6.07) is 11.2. The second-order valence-electron chi connectivity index (χ2n) is 5.82. The zero-order valence-electron chi connectivity index (χ0n) is 15.3. The third kappa shape index (κ3) is 6.24. The minimum atomic E-state index is -0.385. The van der Waals surface area contributed by atoms with Crippen molar-refractivity contribution < 1.29 is 14.3 Å². The molecule has 0 spiro atoms. The number of hydrogen-bond donors (Lipinski definition) is 1. The van der Waals surface area contributed by atoms with E-state index in [2.05, 4.69) is 24.1 Å². The number of nitrogens with zero attached hydrogens (tertiary/aromatic N) is 1. The van der Waals surface area contributed by atoms with Crippen LogP contribution in [0, 0.1) is 0 Å². The third-order valence-electron chi connectivity index (χ3n) is 4.10. The predicted molar refractivity (Wildman–Crippen MR) is 109 cm³/mol. The van der Waals surface area contributed by atoms with E-state index >= 15 is 0 Å². The average Bonchev–Trinajstić information content (AvgIpc) is 2.67. The fraction of sp³-hybridized carbons (Fsp3) is 0.300. The highest BCUT2D eigenvalue weighted by molar-refractivity contribution is 6.42. The molecule has 0 atom stereocenters. The molecule has 27 heavy (non-hydrogen) atoms. The molecule has 0 heterocycles. The highest BCUT2D eigenvalue weighted by atomic mass is 35.5. The summed E-state index contributed by atoms with van der Waals surface area (Å²) in [5, 5.41) is 3.44. The zero-order chi connectivity index (χ0) is 19.8. The van der Waals surface area contributed by atoms with Gasteiger partial charge in [0.15, 0.2) is 0 Å². The Balaban J connectivity index is 1.91. The fourth-order valence-corrected chi connectivity index (χ4v) is 2.72. The van der Waals surface area contributed by atoms with E-state index in [1.54, 1.807) is 36.4 Å². The summed E-state index contributed by atoms with van der Waals surface area (Å²) in [5.74, 6) is -0.701. The van der Waals surface area contributed by atoms with Crippen LogP contribution in [-0.4, -0.2) is 43.0 Å². The molecule has 2 rings (SSSR count). The molecule has 0 aliphatic carbocycles. The Morgan fingerprint density at radius 3 is 2.19 bits per heavy atom. The van der Waals surface area contributed by atoms with Crippen LogP contribution in [0.4, 0.5) is 5.69 Å². The molecule has 0 saturated carbocycles. The van der Waals surface area contributed by atoms with E-state index in [4.69, 9.17) is 27.9 Å². The van der Waals surface area contributed by atoms with E-state index < -0.39 is 0 Å². The molecular weight excluding hydrogens is 387 g/mol. The maximum atomic E-state index is 12.2. The summed E-state index contributed by atoms with van der Waals surface area (Å²) in [7, 11) is 0. The number of nitrogens with one attached hydrogen (secondary N) is 1. The molecule has 0 unspecified atom stereocenters. The molecule has 0 saturated heterocycles. The Labute approximate surface area is 169 Å². The van der Waals surface area contributed by atoms with Gasteiger partial charge in [0.2, 0.25) is 0 Å². The Morgan fingerprint density at radius 1 is 0.963 bits per heavy atom. The lowest BCUT2D eigenvalue weighted by atomic mass is 10.2. The van der Waals surface area contributed by atoms with E-state index in [-0.39, 0.29) is 11.9 Å². The topological polar surface area (TPSA) is 58.6 Å². The second kappa shape index (κ2) is 10.3. The number of amides is 1. The maximum absolute atomic E-state index is 12.2. The number of ether oxygens (including phenoxy) is 1. The SMILES string of the molecule is CCN(CC)CCOC(=O)c1ccc(NC(=O)c2ccc(Cl)c(Cl)c2)cc1. The van der Waals surface area contributed by atoms with Gasteiger partial charge in [-0.15, -0.1) is 0 Å². The highest BCUT2D eigenvalue weighted by Crippen LogP contribution is 2.23. The molecular formula is C20H22Cl2N2O3. The summed E-state index contributed by atoms with van der Waals surface area (Å²) in [6.45, 7) is 7.02. The van der Waals surface area contributed by atoms with Crippen LogP contribution in [-0.2, 0) is 4.74 Å². The number of carbonyl (C=O) groups is 2. The van der Waals surface area contributed by atoms with Gasteiger partial charge in [-0.25, -0.2) is 4.79 Å². The molecule has 0 bridgehead atoms. The average molecular weight is 409 g/mol. The van der Waals surface area contributed by atoms with Gasteiger partial charge in [0.1, 0.15) is 6.61 Å². The third-order valence-corrected chi connectivity index (χ3v) is 4.83. The van der Waals surface area contributed by atoms with Gasteiger partial charge < -0.3 is 15.0 Å². The van der Waals surface area contributed by atoms with Gasteiger partial charge in [0.05, 0.1) is 15.6 Å². The van der Waals surface area contributed by atoms with Crippen LogP contribution < -0.4 is 5.32 Å². The molecule has 0 radical (unpaired) electrons. The van der Waals surface area contributed by atoms with Crippen molar-refractivity contribution in [1.29, 1.82) is 0 Å². The first kappa shape index (κ1) is 21.2. The number of anilines is 1. The van der Waals surface area contributed by atoms with E-state index in [9.17, 15) is 9.59 Å². The van der Waals surface area contributed by atoms with Crippen molar-refractivity contribution in [3.8, 4) is 0 Å². The van der Waals surface area contributed by atoms with Crippen LogP contribution in [0.5, 0.6) is 0 Å². The van der Waals surface area contributed by atoms with Crippen molar-refractivity contribution in [2.45, 2.75) is 13.8 Å². The predicted octanol–water partition coefficient (Wildman–Crippen LogP) is 4.74. The lowest BCUT2D eigenvalue weighted by molar-refractivity contribution is 0.0466.